The highest BCUT2D eigenvalue weighted by Gasteiger charge is 2.15. The Hall–Kier alpha value is -2.82. The molecule has 0 heterocycles. The first-order valence-corrected chi connectivity index (χ1v) is 7.81. The second-order valence-corrected chi connectivity index (χ2v) is 5.36. The number of benzene rings is 2. The number of hydrogen-bond donors (Lipinski definition) is 1. The minimum Gasteiger partial charge on any atom is -0.481 e. The number of hydrogen-bond acceptors (Lipinski definition) is 4. The maximum Gasteiger partial charge on any atom is 0.338 e. The molecule has 0 aliphatic heterocycles. The number of esters is 1. The molecule has 0 fully saturated rings. The third-order valence-corrected chi connectivity index (χ3v) is 3.37. The van der Waals surface area contributed by atoms with Crippen molar-refractivity contribution in [2.24, 2.45) is 0 Å². The molecule has 1 amide bonds. The summed E-state index contributed by atoms with van der Waals surface area (Å²) in [5.74, 6) is -0.00758. The van der Waals surface area contributed by atoms with Crippen molar-refractivity contribution in [2.45, 2.75) is 26.9 Å². The molecule has 126 valence electrons. The molecule has 0 radical (unpaired) electrons. The first-order valence-electron chi connectivity index (χ1n) is 7.81. The average Bonchev–Trinajstić information content (AvgIpc) is 2.57. The second kappa shape index (κ2) is 8.15. The van der Waals surface area contributed by atoms with E-state index in [1.54, 1.807) is 38.1 Å². The van der Waals surface area contributed by atoms with E-state index in [4.69, 9.17) is 9.47 Å². The van der Waals surface area contributed by atoms with Crippen LogP contribution in [0.2, 0.25) is 0 Å². The highest BCUT2D eigenvalue weighted by atomic mass is 16.5. The van der Waals surface area contributed by atoms with Crippen molar-refractivity contribution in [3.8, 4) is 5.75 Å². The van der Waals surface area contributed by atoms with Crippen LogP contribution in [0.3, 0.4) is 0 Å². The van der Waals surface area contributed by atoms with Crippen LogP contribution in [0.25, 0.3) is 0 Å². The number of amides is 1. The molecule has 0 saturated carbocycles. The highest BCUT2D eigenvalue weighted by Crippen LogP contribution is 2.15. The van der Waals surface area contributed by atoms with Crippen molar-refractivity contribution in [3.05, 3.63) is 59.7 Å². The summed E-state index contributed by atoms with van der Waals surface area (Å²) >= 11 is 0. The minimum absolute atomic E-state index is 0.264. The summed E-state index contributed by atoms with van der Waals surface area (Å²) in [5, 5.41) is 2.76. The van der Waals surface area contributed by atoms with Crippen molar-refractivity contribution in [2.75, 3.05) is 11.9 Å². The van der Waals surface area contributed by atoms with Gasteiger partial charge in [0.05, 0.1) is 12.2 Å². The fourth-order valence-corrected chi connectivity index (χ4v) is 2.02. The molecule has 0 aliphatic carbocycles. The van der Waals surface area contributed by atoms with Crippen LogP contribution in [-0.4, -0.2) is 24.6 Å². The van der Waals surface area contributed by atoms with Gasteiger partial charge in [-0.1, -0.05) is 17.7 Å². The van der Waals surface area contributed by atoms with E-state index in [0.29, 0.717) is 23.6 Å². The van der Waals surface area contributed by atoms with Crippen LogP contribution in [0.15, 0.2) is 48.5 Å². The predicted octanol–water partition coefficient (Wildman–Crippen LogP) is 3.58. The van der Waals surface area contributed by atoms with E-state index in [9.17, 15) is 9.59 Å². The number of ether oxygens (including phenoxy) is 2. The highest BCUT2D eigenvalue weighted by molar-refractivity contribution is 5.95. The number of anilines is 1. The lowest BCUT2D eigenvalue weighted by Gasteiger charge is -2.15. The molecule has 1 atom stereocenters. The maximum atomic E-state index is 12.2. The standard InChI is InChI=1S/C19H21NO4/c1-4-23-19(22)15-7-9-16(10-8-15)20-18(21)14(3)24-17-11-5-13(2)6-12-17/h5-12,14H,4H2,1-3H3,(H,20,21)/t14-/m0/s1. The number of carbonyl (C=O) groups is 2. The van der Waals surface area contributed by atoms with E-state index in [1.165, 1.54) is 0 Å². The Morgan fingerprint density at radius 2 is 1.67 bits per heavy atom. The van der Waals surface area contributed by atoms with Crippen molar-refractivity contribution in [1.82, 2.24) is 0 Å². The first kappa shape index (κ1) is 17.5. The third kappa shape index (κ3) is 4.84. The van der Waals surface area contributed by atoms with Crippen LogP contribution in [0.5, 0.6) is 5.75 Å². The Bertz CT molecular complexity index is 692. The number of aryl methyl sites for hydroxylation is 1. The van der Waals surface area contributed by atoms with Crippen molar-refractivity contribution < 1.29 is 19.1 Å². The summed E-state index contributed by atoms with van der Waals surface area (Å²) in [4.78, 5) is 23.8. The summed E-state index contributed by atoms with van der Waals surface area (Å²) in [6, 6.07) is 14.0. The van der Waals surface area contributed by atoms with Gasteiger partial charge in [0.2, 0.25) is 0 Å². The summed E-state index contributed by atoms with van der Waals surface area (Å²) in [6.07, 6.45) is -0.641. The van der Waals surface area contributed by atoms with Gasteiger partial charge >= 0.3 is 5.97 Å². The lowest BCUT2D eigenvalue weighted by Crippen LogP contribution is -2.30. The molecule has 5 heteroatoms. The molecular formula is C19H21NO4. The van der Waals surface area contributed by atoms with Crippen LogP contribution >= 0.6 is 0 Å². The third-order valence-electron chi connectivity index (χ3n) is 3.37. The molecule has 0 spiro atoms. The Labute approximate surface area is 141 Å². The minimum atomic E-state index is -0.641. The molecule has 2 rings (SSSR count). The van der Waals surface area contributed by atoms with E-state index in [0.717, 1.165) is 5.56 Å². The van der Waals surface area contributed by atoms with Crippen LogP contribution in [0, 0.1) is 6.92 Å². The quantitative estimate of drug-likeness (QED) is 0.824. The molecule has 0 bridgehead atoms. The summed E-state index contributed by atoms with van der Waals surface area (Å²) in [7, 11) is 0. The molecule has 2 aromatic rings. The molecule has 5 nitrogen and oxygen atoms in total. The van der Waals surface area contributed by atoms with E-state index in [1.807, 2.05) is 31.2 Å². The Morgan fingerprint density at radius 3 is 2.25 bits per heavy atom. The van der Waals surface area contributed by atoms with Crippen molar-refractivity contribution >= 4 is 17.6 Å². The smallest absolute Gasteiger partial charge is 0.338 e. The molecule has 0 saturated heterocycles. The van der Waals surface area contributed by atoms with E-state index < -0.39 is 6.10 Å². The first-order chi connectivity index (χ1) is 11.5. The fraction of sp³-hybridized carbons (Fsp3) is 0.263. The maximum absolute atomic E-state index is 12.2. The van der Waals surface area contributed by atoms with E-state index >= 15 is 0 Å². The van der Waals surface area contributed by atoms with Gasteiger partial charge in [-0.3, -0.25) is 4.79 Å². The SMILES string of the molecule is CCOC(=O)c1ccc(NC(=O)[C@H](C)Oc2ccc(C)cc2)cc1. The van der Waals surface area contributed by atoms with Gasteiger partial charge in [0.25, 0.3) is 5.91 Å². The van der Waals surface area contributed by atoms with Gasteiger partial charge in [0.15, 0.2) is 6.10 Å². The van der Waals surface area contributed by atoms with Crippen LogP contribution < -0.4 is 10.1 Å². The lowest BCUT2D eigenvalue weighted by atomic mass is 10.2. The Morgan fingerprint density at radius 1 is 1.04 bits per heavy atom. The molecule has 0 unspecified atom stereocenters. The van der Waals surface area contributed by atoms with Crippen molar-refractivity contribution in [3.63, 3.8) is 0 Å². The van der Waals surface area contributed by atoms with Crippen LogP contribution in [0.1, 0.15) is 29.8 Å². The summed E-state index contributed by atoms with van der Waals surface area (Å²) in [5.41, 5.74) is 2.16. The van der Waals surface area contributed by atoms with Gasteiger partial charge in [0.1, 0.15) is 5.75 Å². The van der Waals surface area contributed by atoms with Gasteiger partial charge in [-0.05, 0) is 57.2 Å². The van der Waals surface area contributed by atoms with Crippen molar-refractivity contribution in [1.29, 1.82) is 0 Å². The van der Waals surface area contributed by atoms with Crippen LogP contribution in [0.4, 0.5) is 5.69 Å². The predicted molar refractivity (Wildman–Crippen MR) is 92.3 cm³/mol. The average molecular weight is 327 g/mol. The lowest BCUT2D eigenvalue weighted by molar-refractivity contribution is -0.122. The monoisotopic (exact) mass is 327 g/mol. The Kier molecular flexibility index (Phi) is 5.95. The Balaban J connectivity index is 1.93. The zero-order valence-corrected chi connectivity index (χ0v) is 14.0. The fourth-order valence-electron chi connectivity index (χ4n) is 2.02. The van der Waals surface area contributed by atoms with Gasteiger partial charge in [-0.25, -0.2) is 4.79 Å². The van der Waals surface area contributed by atoms with Crippen LogP contribution in [-0.2, 0) is 9.53 Å². The molecule has 1 N–H and O–H groups in total. The van der Waals surface area contributed by atoms with Gasteiger partial charge in [-0.2, -0.15) is 0 Å². The van der Waals surface area contributed by atoms with Gasteiger partial charge in [-0.15, -0.1) is 0 Å². The molecule has 0 aromatic heterocycles. The largest absolute Gasteiger partial charge is 0.481 e. The molecule has 24 heavy (non-hydrogen) atoms. The van der Waals surface area contributed by atoms with Gasteiger partial charge in [0, 0.05) is 5.69 Å². The molecular weight excluding hydrogens is 306 g/mol. The number of rotatable bonds is 6. The number of carbonyl (C=O) groups excluding carboxylic acids is 2. The van der Waals surface area contributed by atoms with Gasteiger partial charge < -0.3 is 14.8 Å². The summed E-state index contributed by atoms with van der Waals surface area (Å²) < 4.78 is 10.5. The normalized spacial score (nSPS) is 11.5. The molecule has 0 aliphatic rings. The van der Waals surface area contributed by atoms with E-state index in [-0.39, 0.29) is 11.9 Å². The second-order valence-electron chi connectivity index (χ2n) is 5.36. The molecule has 2 aromatic carbocycles. The zero-order valence-electron chi connectivity index (χ0n) is 14.0. The zero-order chi connectivity index (χ0) is 17.5. The topological polar surface area (TPSA) is 64.6 Å². The number of nitrogens with one attached hydrogen (secondary N) is 1. The summed E-state index contributed by atoms with van der Waals surface area (Å²) in [6.45, 7) is 5.75. The van der Waals surface area contributed by atoms with E-state index in [2.05, 4.69) is 5.32 Å².